The van der Waals surface area contributed by atoms with Crippen molar-refractivity contribution in [2.45, 2.75) is 19.2 Å². The van der Waals surface area contributed by atoms with Crippen molar-refractivity contribution in [2.24, 2.45) is 0 Å². The molecule has 5 nitrogen and oxygen atoms in total. The number of amides is 2. The number of benzene rings is 2. The van der Waals surface area contributed by atoms with Gasteiger partial charge in [0.1, 0.15) is 0 Å². The fraction of sp³-hybridized carbons (Fsp3) is 0.176. The van der Waals surface area contributed by atoms with E-state index in [0.717, 1.165) is 24.3 Å². The zero-order valence-corrected chi connectivity index (χ0v) is 13.4. The summed E-state index contributed by atoms with van der Waals surface area (Å²) in [6.07, 6.45) is -5.93. The second kappa shape index (κ2) is 7.85. The van der Waals surface area contributed by atoms with Gasteiger partial charge in [-0.1, -0.05) is 24.3 Å². The van der Waals surface area contributed by atoms with Crippen LogP contribution in [-0.4, -0.2) is 17.9 Å². The van der Waals surface area contributed by atoms with Gasteiger partial charge in [0.05, 0.1) is 11.1 Å². The number of hydrazine groups is 1. The van der Waals surface area contributed by atoms with E-state index in [-0.39, 0.29) is 5.75 Å². The number of hydrogen-bond donors (Lipinski definition) is 2. The maximum atomic E-state index is 13.5. The molecule has 0 fully saturated rings. The lowest BCUT2D eigenvalue weighted by Crippen LogP contribution is -2.47. The fourth-order valence-corrected chi connectivity index (χ4v) is 2.00. The lowest BCUT2D eigenvalue weighted by Gasteiger charge is -2.16. The highest BCUT2D eigenvalue weighted by Crippen LogP contribution is 2.31. The molecule has 0 aliphatic rings. The zero-order valence-electron chi connectivity index (χ0n) is 13.4. The van der Waals surface area contributed by atoms with E-state index in [4.69, 9.17) is 4.74 Å². The van der Waals surface area contributed by atoms with Gasteiger partial charge in [-0.3, -0.25) is 20.4 Å². The Balaban J connectivity index is 1.99. The molecule has 2 aromatic rings. The molecule has 2 aromatic carbocycles. The molecule has 2 N–H and O–H groups in total. The number of para-hydroxylation sites is 1. The zero-order chi connectivity index (χ0) is 19.3. The predicted molar refractivity (Wildman–Crippen MR) is 83.5 cm³/mol. The summed E-state index contributed by atoms with van der Waals surface area (Å²) in [5.74, 6) is -2.88. The van der Waals surface area contributed by atoms with Crippen molar-refractivity contribution in [1.82, 2.24) is 10.9 Å². The molecular weight excluding hydrogens is 356 g/mol. The van der Waals surface area contributed by atoms with Crippen molar-refractivity contribution in [1.29, 1.82) is 0 Å². The van der Waals surface area contributed by atoms with Gasteiger partial charge in [0, 0.05) is 0 Å². The Bertz CT molecular complexity index is 809. The molecule has 0 heterocycles. The van der Waals surface area contributed by atoms with E-state index in [1.165, 1.54) is 31.2 Å². The number of carbonyl (C=O) groups excluding carboxylic acids is 2. The smallest absolute Gasteiger partial charge is 0.417 e. The average Bonchev–Trinajstić information content (AvgIpc) is 2.60. The SMILES string of the molecule is CC(Oc1ccccc1F)C(=O)NNC(=O)c1ccccc1C(F)(F)F. The first-order chi connectivity index (χ1) is 12.2. The third-order valence-corrected chi connectivity index (χ3v) is 3.29. The number of hydrogen-bond acceptors (Lipinski definition) is 3. The molecular formula is C17H14F4N2O3. The Morgan fingerprint density at radius 3 is 2.27 bits per heavy atom. The maximum Gasteiger partial charge on any atom is 0.417 e. The maximum absolute atomic E-state index is 13.5. The summed E-state index contributed by atoms with van der Waals surface area (Å²) in [7, 11) is 0. The van der Waals surface area contributed by atoms with Crippen LogP contribution in [0.15, 0.2) is 48.5 Å². The van der Waals surface area contributed by atoms with Gasteiger partial charge >= 0.3 is 6.18 Å². The molecule has 0 aliphatic heterocycles. The molecule has 138 valence electrons. The van der Waals surface area contributed by atoms with Crippen LogP contribution in [-0.2, 0) is 11.0 Å². The molecule has 1 atom stereocenters. The van der Waals surface area contributed by atoms with E-state index in [1.807, 2.05) is 10.9 Å². The Morgan fingerprint density at radius 2 is 1.62 bits per heavy atom. The molecule has 0 radical (unpaired) electrons. The van der Waals surface area contributed by atoms with E-state index in [2.05, 4.69) is 0 Å². The average molecular weight is 370 g/mol. The van der Waals surface area contributed by atoms with Crippen LogP contribution in [0.5, 0.6) is 5.75 Å². The molecule has 26 heavy (non-hydrogen) atoms. The van der Waals surface area contributed by atoms with Gasteiger partial charge < -0.3 is 4.74 Å². The summed E-state index contributed by atoms with van der Waals surface area (Å²) >= 11 is 0. The third-order valence-electron chi connectivity index (χ3n) is 3.29. The third kappa shape index (κ3) is 4.71. The monoisotopic (exact) mass is 370 g/mol. The summed E-state index contributed by atoms with van der Waals surface area (Å²) in [6.45, 7) is 1.29. The van der Waals surface area contributed by atoms with Crippen molar-refractivity contribution in [2.75, 3.05) is 0 Å². The topological polar surface area (TPSA) is 67.4 Å². The molecule has 0 aromatic heterocycles. The Labute approximate surface area is 145 Å². The second-order valence-corrected chi connectivity index (χ2v) is 5.18. The lowest BCUT2D eigenvalue weighted by atomic mass is 10.1. The van der Waals surface area contributed by atoms with Gasteiger partial charge in [-0.05, 0) is 31.2 Å². The van der Waals surface area contributed by atoms with Crippen LogP contribution in [0.25, 0.3) is 0 Å². The van der Waals surface area contributed by atoms with E-state index in [9.17, 15) is 27.2 Å². The first kappa shape index (κ1) is 19.2. The summed E-state index contributed by atoms with van der Waals surface area (Å²) in [5.41, 5.74) is 2.04. The van der Waals surface area contributed by atoms with Gasteiger partial charge in [0.2, 0.25) is 0 Å². The molecule has 0 spiro atoms. The fourth-order valence-electron chi connectivity index (χ4n) is 2.00. The molecule has 0 saturated heterocycles. The molecule has 2 rings (SSSR count). The van der Waals surface area contributed by atoms with E-state index < -0.39 is 41.0 Å². The summed E-state index contributed by atoms with van der Waals surface area (Å²) < 4.78 is 57.3. The Morgan fingerprint density at radius 1 is 1.00 bits per heavy atom. The van der Waals surface area contributed by atoms with Crippen molar-refractivity contribution in [3.8, 4) is 5.75 Å². The van der Waals surface area contributed by atoms with Crippen molar-refractivity contribution < 1.29 is 31.9 Å². The van der Waals surface area contributed by atoms with Crippen molar-refractivity contribution in [3.05, 3.63) is 65.5 Å². The largest absolute Gasteiger partial charge is 0.478 e. The number of nitrogens with one attached hydrogen (secondary N) is 2. The van der Waals surface area contributed by atoms with Gasteiger partial charge in [0.25, 0.3) is 11.8 Å². The van der Waals surface area contributed by atoms with E-state index in [0.29, 0.717) is 0 Å². The minimum atomic E-state index is -4.72. The second-order valence-electron chi connectivity index (χ2n) is 5.18. The minimum Gasteiger partial charge on any atom is -0.478 e. The quantitative estimate of drug-likeness (QED) is 0.642. The highest BCUT2D eigenvalue weighted by atomic mass is 19.4. The molecule has 9 heteroatoms. The first-order valence-corrected chi connectivity index (χ1v) is 7.37. The number of alkyl halides is 3. The molecule has 1 unspecified atom stereocenters. The first-order valence-electron chi connectivity index (χ1n) is 7.37. The highest BCUT2D eigenvalue weighted by Gasteiger charge is 2.35. The number of ether oxygens (including phenoxy) is 1. The number of rotatable bonds is 4. The summed E-state index contributed by atoms with van der Waals surface area (Å²) in [6, 6.07) is 9.50. The van der Waals surface area contributed by atoms with E-state index in [1.54, 1.807) is 0 Å². The van der Waals surface area contributed by atoms with Crippen LogP contribution in [0.3, 0.4) is 0 Å². The van der Waals surface area contributed by atoms with Crippen LogP contribution in [0.1, 0.15) is 22.8 Å². The van der Waals surface area contributed by atoms with Crippen LogP contribution in [0, 0.1) is 5.82 Å². The van der Waals surface area contributed by atoms with Crippen LogP contribution >= 0.6 is 0 Å². The predicted octanol–water partition coefficient (Wildman–Crippen LogP) is 3.07. The van der Waals surface area contributed by atoms with E-state index >= 15 is 0 Å². The van der Waals surface area contributed by atoms with Gasteiger partial charge in [-0.2, -0.15) is 13.2 Å². The molecule has 0 saturated carbocycles. The van der Waals surface area contributed by atoms with Crippen molar-refractivity contribution in [3.63, 3.8) is 0 Å². The lowest BCUT2D eigenvalue weighted by molar-refractivity contribution is -0.137. The van der Waals surface area contributed by atoms with Gasteiger partial charge in [0.15, 0.2) is 17.7 Å². The van der Waals surface area contributed by atoms with Crippen molar-refractivity contribution >= 4 is 11.8 Å². The van der Waals surface area contributed by atoms with Gasteiger partial charge in [-0.25, -0.2) is 4.39 Å². The Kier molecular flexibility index (Phi) is 5.81. The standard InChI is InChI=1S/C17H14F4N2O3/c1-10(26-14-9-5-4-8-13(14)18)15(24)22-23-16(25)11-6-2-3-7-12(11)17(19,20)21/h2-10H,1H3,(H,22,24)(H,23,25). The number of halogens is 4. The van der Waals surface area contributed by atoms with Crippen LogP contribution in [0.4, 0.5) is 17.6 Å². The number of carbonyl (C=O) groups is 2. The minimum absolute atomic E-state index is 0.177. The molecule has 2 amide bonds. The van der Waals surface area contributed by atoms with Crippen LogP contribution < -0.4 is 15.6 Å². The summed E-state index contributed by atoms with van der Waals surface area (Å²) in [5, 5.41) is 0. The van der Waals surface area contributed by atoms with Crippen LogP contribution in [0.2, 0.25) is 0 Å². The normalized spacial score (nSPS) is 12.2. The van der Waals surface area contributed by atoms with Gasteiger partial charge in [-0.15, -0.1) is 0 Å². The Hall–Kier alpha value is -3.10. The molecule has 0 aliphatic carbocycles. The summed E-state index contributed by atoms with van der Waals surface area (Å²) in [4.78, 5) is 23.8. The molecule has 0 bridgehead atoms. The highest BCUT2D eigenvalue weighted by molar-refractivity contribution is 5.97.